The van der Waals surface area contributed by atoms with E-state index in [1.807, 2.05) is 48.5 Å². The summed E-state index contributed by atoms with van der Waals surface area (Å²) < 4.78 is 45.2. The van der Waals surface area contributed by atoms with Crippen LogP contribution in [0.2, 0.25) is 0 Å². The summed E-state index contributed by atoms with van der Waals surface area (Å²) in [5, 5.41) is 17.8. The lowest BCUT2D eigenvalue weighted by Gasteiger charge is -2.34. The van der Waals surface area contributed by atoms with Crippen molar-refractivity contribution in [1.29, 1.82) is 5.41 Å². The Labute approximate surface area is 334 Å². The van der Waals surface area contributed by atoms with Crippen LogP contribution in [0.5, 0.6) is 0 Å². The van der Waals surface area contributed by atoms with Gasteiger partial charge in [-0.1, -0.05) is 139 Å². The van der Waals surface area contributed by atoms with E-state index < -0.39 is 30.2 Å². The molecule has 262 valence electrons. The van der Waals surface area contributed by atoms with Crippen LogP contribution in [0.3, 0.4) is 0 Å². The molecule has 0 bridgehead atoms. The van der Waals surface area contributed by atoms with E-state index in [1.165, 1.54) is 5.56 Å². The van der Waals surface area contributed by atoms with Crippen LogP contribution in [0.1, 0.15) is 23.5 Å². The summed E-state index contributed by atoms with van der Waals surface area (Å²) in [6, 6.07) is 49.4. The smallest absolute Gasteiger partial charge is 0.161 e. The summed E-state index contributed by atoms with van der Waals surface area (Å²) in [5.74, 6) is -0.317. The summed E-state index contributed by atoms with van der Waals surface area (Å²) in [6.07, 6.45) is 1.63. The lowest BCUT2D eigenvalue weighted by molar-refractivity contribution is 1.29. The van der Waals surface area contributed by atoms with Gasteiger partial charge in [-0.25, -0.2) is 9.98 Å². The summed E-state index contributed by atoms with van der Waals surface area (Å²) in [7, 11) is 0. The number of anilines is 3. The second-order valence-corrected chi connectivity index (χ2v) is 14.9. The van der Waals surface area contributed by atoms with E-state index in [4.69, 9.17) is 11.8 Å². The molecule has 1 aromatic heterocycles. The summed E-state index contributed by atoms with van der Waals surface area (Å²) in [5.41, 5.74) is 6.31. The Morgan fingerprint density at radius 1 is 0.571 bits per heavy atom. The molecule has 0 saturated carbocycles. The van der Waals surface area contributed by atoms with Gasteiger partial charge in [0.05, 0.1) is 18.2 Å². The molecular formula is C51H32N4S. The van der Waals surface area contributed by atoms with E-state index in [0.717, 1.165) is 80.7 Å². The van der Waals surface area contributed by atoms with Crippen LogP contribution in [0.4, 0.5) is 17.1 Å². The number of thiophene rings is 1. The Morgan fingerprint density at radius 3 is 2.14 bits per heavy atom. The molecular weight excluding hydrogens is 701 g/mol. The van der Waals surface area contributed by atoms with Crippen molar-refractivity contribution in [3.63, 3.8) is 0 Å². The first-order chi connectivity index (χ1) is 29.7. The normalized spacial score (nSPS) is 14.0. The van der Waals surface area contributed by atoms with Crippen molar-refractivity contribution < 1.29 is 6.85 Å². The van der Waals surface area contributed by atoms with Crippen LogP contribution >= 0.6 is 11.3 Å². The Morgan fingerprint density at radius 2 is 1.29 bits per heavy atom. The lowest BCUT2D eigenvalue weighted by atomic mass is 9.89. The summed E-state index contributed by atoms with van der Waals surface area (Å²) in [4.78, 5) is 11.8. The van der Waals surface area contributed by atoms with E-state index in [9.17, 15) is 5.41 Å². The largest absolute Gasteiger partial charge is 0.309 e. The summed E-state index contributed by atoms with van der Waals surface area (Å²) in [6.45, 7) is 0. The van der Waals surface area contributed by atoms with Crippen LogP contribution in [0.15, 0.2) is 192 Å². The minimum absolute atomic E-state index is 0.152. The van der Waals surface area contributed by atoms with E-state index >= 15 is 0 Å². The summed E-state index contributed by atoms with van der Waals surface area (Å²) >= 11 is 1.62. The fourth-order valence-electron chi connectivity index (χ4n) is 8.01. The third-order valence-corrected chi connectivity index (χ3v) is 11.7. The van der Waals surface area contributed by atoms with Gasteiger partial charge in [-0.3, -0.25) is 5.41 Å². The minimum Gasteiger partial charge on any atom is -0.309 e. The average molecular weight is 738 g/mol. The van der Waals surface area contributed by atoms with Crippen LogP contribution in [0.25, 0.3) is 63.6 Å². The van der Waals surface area contributed by atoms with E-state index in [0.29, 0.717) is 5.56 Å². The van der Waals surface area contributed by atoms with Crippen molar-refractivity contribution in [2.75, 3.05) is 4.90 Å². The van der Waals surface area contributed by atoms with Gasteiger partial charge in [0.25, 0.3) is 0 Å². The molecule has 5 heteroatoms. The molecule has 0 fully saturated rings. The lowest BCUT2D eigenvalue weighted by Crippen LogP contribution is -2.15. The molecule has 9 aromatic carbocycles. The number of fused-ring (bicyclic) bond motifs is 7. The van der Waals surface area contributed by atoms with E-state index in [-0.39, 0.29) is 17.2 Å². The second-order valence-electron chi connectivity index (χ2n) is 13.8. The Kier molecular flexibility index (Phi) is 6.35. The zero-order valence-electron chi connectivity index (χ0n) is 34.8. The van der Waals surface area contributed by atoms with Crippen molar-refractivity contribution in [2.24, 2.45) is 9.98 Å². The molecule has 1 aliphatic heterocycles. The van der Waals surface area contributed by atoms with Crippen molar-refractivity contribution in [3.05, 3.63) is 199 Å². The zero-order chi connectivity index (χ0) is 41.5. The van der Waals surface area contributed by atoms with Gasteiger partial charge in [0.2, 0.25) is 0 Å². The Bertz CT molecular complexity index is 3560. The standard InChI is InChI=1S/C51H32N4S/c52-50(37-24-25-42-41-20-8-9-23-47(41)56-48(42)30-37)54-51(33-12-2-1-3-13-33)53-31-38-27-39(26-36-16-6-7-19-40(36)38)55-45-22-11-18-32-17-10-21-43(49(32)45)44-28-34-14-4-5-15-35(34)29-46(44)55/h1-31,52H/i1D,2D,3D,12D,13D. The topological polar surface area (TPSA) is 51.8 Å². The van der Waals surface area contributed by atoms with E-state index in [2.05, 4.69) is 113 Å². The molecule has 1 N–H and O–H groups in total. The highest BCUT2D eigenvalue weighted by atomic mass is 32.1. The van der Waals surface area contributed by atoms with Crippen LogP contribution < -0.4 is 4.90 Å². The van der Waals surface area contributed by atoms with Gasteiger partial charge in [0.15, 0.2) is 11.7 Å². The predicted octanol–water partition coefficient (Wildman–Crippen LogP) is 13.9. The number of nitrogens with zero attached hydrogens (tertiary/aromatic N) is 3. The number of nitrogens with one attached hydrogen (secondary N) is 1. The zero-order valence-corrected chi connectivity index (χ0v) is 30.6. The maximum Gasteiger partial charge on any atom is 0.161 e. The van der Waals surface area contributed by atoms with E-state index in [1.54, 1.807) is 17.6 Å². The van der Waals surface area contributed by atoms with Crippen molar-refractivity contribution in [2.45, 2.75) is 0 Å². The quantitative estimate of drug-likeness (QED) is 0.142. The predicted molar refractivity (Wildman–Crippen MR) is 239 cm³/mol. The molecule has 4 nitrogen and oxygen atoms in total. The molecule has 0 radical (unpaired) electrons. The first kappa shape index (κ1) is 27.4. The average Bonchev–Trinajstić information content (AvgIpc) is 3.67. The number of amidine groups is 2. The van der Waals surface area contributed by atoms with Crippen LogP contribution in [-0.4, -0.2) is 17.9 Å². The maximum absolute atomic E-state index is 9.22. The van der Waals surface area contributed by atoms with Crippen molar-refractivity contribution in [3.8, 4) is 11.1 Å². The Balaban J connectivity index is 1.10. The minimum atomic E-state index is -0.516. The first-order valence-electron chi connectivity index (χ1n) is 20.8. The number of hydrogen-bond acceptors (Lipinski definition) is 3. The molecule has 10 aromatic rings. The molecule has 2 heterocycles. The van der Waals surface area contributed by atoms with Gasteiger partial charge < -0.3 is 4.90 Å². The van der Waals surface area contributed by atoms with Gasteiger partial charge >= 0.3 is 0 Å². The third kappa shape index (κ3) is 5.32. The molecule has 1 aliphatic rings. The molecule has 11 rings (SSSR count). The molecule has 0 unspecified atom stereocenters. The first-order valence-corrected chi connectivity index (χ1v) is 19.1. The fraction of sp³-hybridized carbons (Fsp3) is 0. The number of benzene rings is 9. The third-order valence-electron chi connectivity index (χ3n) is 10.6. The molecule has 0 saturated heterocycles. The van der Waals surface area contributed by atoms with Crippen LogP contribution in [-0.2, 0) is 0 Å². The fourth-order valence-corrected chi connectivity index (χ4v) is 9.16. The number of rotatable bonds is 4. The van der Waals surface area contributed by atoms with Gasteiger partial charge in [0.1, 0.15) is 0 Å². The molecule has 0 atom stereocenters. The monoisotopic (exact) mass is 737 g/mol. The van der Waals surface area contributed by atoms with Gasteiger partial charge in [0, 0.05) is 59.7 Å². The molecule has 0 amide bonds. The maximum atomic E-state index is 9.22. The second kappa shape index (κ2) is 13.0. The highest BCUT2D eigenvalue weighted by Crippen LogP contribution is 2.52. The molecule has 0 spiro atoms. The molecule has 56 heavy (non-hydrogen) atoms. The van der Waals surface area contributed by atoms with Gasteiger partial charge in [-0.05, 0) is 75.0 Å². The highest BCUT2D eigenvalue weighted by molar-refractivity contribution is 7.25. The van der Waals surface area contributed by atoms with Crippen molar-refractivity contribution in [1.82, 2.24) is 0 Å². The van der Waals surface area contributed by atoms with Gasteiger partial charge in [-0.15, -0.1) is 11.3 Å². The number of aliphatic imine (C=N–C) groups is 2. The van der Waals surface area contributed by atoms with Gasteiger partial charge in [-0.2, -0.15) is 0 Å². The molecule has 0 aliphatic carbocycles. The number of hydrogen-bond donors (Lipinski definition) is 1. The van der Waals surface area contributed by atoms with Crippen LogP contribution in [0, 0.1) is 5.41 Å². The highest BCUT2D eigenvalue weighted by Gasteiger charge is 2.27. The SMILES string of the molecule is [2H]c1c([2H])c([2H])c(C(N=Cc2cc(N3c4cc5ccccc5cc4-c4cccc5cccc3c45)cc3ccccc23)=NC(=N)c2ccc3c(c2)sc2ccccc23)c([2H])c1[2H]. The van der Waals surface area contributed by atoms with Crippen molar-refractivity contribution >= 4 is 98.8 Å². The Hall–Kier alpha value is -7.21.